The third-order valence-corrected chi connectivity index (χ3v) is 5.80. The van der Waals surface area contributed by atoms with Gasteiger partial charge in [0.1, 0.15) is 18.2 Å². The standard InChI is InChI=1S/C24H22FN5O4S/c1-13-9-17(21-19(25)5-4-6-20(21)33-3)18(11-26-13)22(32)28-23-29-30-24(35-23)34-12-16-8-7-15(10-27-16)14(2)31/h4-11,14,31H,12H2,1-3H3,(H,28,29,32)/t14-/m1/s1. The predicted molar refractivity (Wildman–Crippen MR) is 128 cm³/mol. The summed E-state index contributed by atoms with van der Waals surface area (Å²) in [5, 5.41) is 20.5. The SMILES string of the molecule is COc1cccc(F)c1-c1cc(C)ncc1C(=O)Nc1nnc(OCc2ccc([C@@H](C)O)cn2)s1. The molecule has 0 bridgehead atoms. The second kappa shape index (κ2) is 10.5. The molecule has 0 fully saturated rings. The molecule has 9 nitrogen and oxygen atoms in total. The number of aliphatic hydroxyl groups excluding tert-OH is 1. The highest BCUT2D eigenvalue weighted by Crippen LogP contribution is 2.35. The summed E-state index contributed by atoms with van der Waals surface area (Å²) in [6, 6.07) is 9.59. The molecule has 0 aliphatic rings. The summed E-state index contributed by atoms with van der Waals surface area (Å²) >= 11 is 1.04. The van der Waals surface area contributed by atoms with Crippen molar-refractivity contribution in [2.45, 2.75) is 26.6 Å². The number of benzene rings is 1. The molecule has 180 valence electrons. The molecule has 3 heterocycles. The van der Waals surface area contributed by atoms with Crippen molar-refractivity contribution in [2.75, 3.05) is 12.4 Å². The molecule has 35 heavy (non-hydrogen) atoms. The first-order valence-corrected chi connectivity index (χ1v) is 11.4. The van der Waals surface area contributed by atoms with Crippen molar-refractivity contribution in [3.8, 4) is 22.1 Å². The van der Waals surface area contributed by atoms with Crippen molar-refractivity contribution in [3.05, 3.63) is 77.1 Å². The number of hydrogen-bond acceptors (Lipinski definition) is 9. The predicted octanol–water partition coefficient (Wildman–Crippen LogP) is 4.34. The molecule has 0 unspecified atom stereocenters. The molecule has 2 N–H and O–H groups in total. The topological polar surface area (TPSA) is 119 Å². The van der Waals surface area contributed by atoms with E-state index >= 15 is 0 Å². The van der Waals surface area contributed by atoms with Crippen molar-refractivity contribution < 1.29 is 23.8 Å². The van der Waals surface area contributed by atoms with Gasteiger partial charge >= 0.3 is 0 Å². The second-order valence-corrected chi connectivity index (χ2v) is 8.50. The fourth-order valence-corrected chi connectivity index (χ4v) is 3.86. The Morgan fingerprint density at radius 3 is 2.74 bits per heavy atom. The van der Waals surface area contributed by atoms with Crippen molar-refractivity contribution in [3.63, 3.8) is 0 Å². The van der Waals surface area contributed by atoms with Gasteiger partial charge in [0.25, 0.3) is 11.1 Å². The van der Waals surface area contributed by atoms with Crippen molar-refractivity contribution in [2.24, 2.45) is 0 Å². The zero-order valence-electron chi connectivity index (χ0n) is 19.2. The number of anilines is 1. The van der Waals surface area contributed by atoms with Crippen molar-refractivity contribution in [1.82, 2.24) is 20.2 Å². The maximum atomic E-state index is 14.7. The molecular formula is C24H22FN5O4S. The van der Waals surface area contributed by atoms with Gasteiger partial charge < -0.3 is 14.6 Å². The average Bonchev–Trinajstić information content (AvgIpc) is 3.29. The third kappa shape index (κ3) is 5.58. The minimum Gasteiger partial charge on any atom is -0.496 e. The molecule has 0 radical (unpaired) electrons. The Morgan fingerprint density at radius 1 is 1.20 bits per heavy atom. The number of hydrogen-bond donors (Lipinski definition) is 2. The van der Waals surface area contributed by atoms with Gasteiger partial charge in [-0.1, -0.05) is 17.2 Å². The Hall–Kier alpha value is -3.96. The summed E-state index contributed by atoms with van der Waals surface area (Å²) in [4.78, 5) is 21.5. The Morgan fingerprint density at radius 2 is 2.03 bits per heavy atom. The molecule has 1 atom stereocenters. The number of carbonyl (C=O) groups is 1. The number of aliphatic hydroxyl groups is 1. The summed E-state index contributed by atoms with van der Waals surface area (Å²) in [6.07, 6.45) is 2.36. The van der Waals surface area contributed by atoms with Gasteiger partial charge in [-0.05, 0) is 55.0 Å². The van der Waals surface area contributed by atoms with Crippen molar-refractivity contribution >= 4 is 22.4 Å². The molecule has 1 amide bonds. The van der Waals surface area contributed by atoms with Crippen LogP contribution in [0.25, 0.3) is 11.1 Å². The first-order valence-electron chi connectivity index (χ1n) is 10.6. The van der Waals surface area contributed by atoms with Crippen LogP contribution >= 0.6 is 11.3 Å². The van der Waals surface area contributed by atoms with Crippen LogP contribution in [0, 0.1) is 12.7 Å². The van der Waals surface area contributed by atoms with Crippen LogP contribution < -0.4 is 14.8 Å². The van der Waals surface area contributed by atoms with Crippen molar-refractivity contribution in [1.29, 1.82) is 0 Å². The number of aromatic nitrogens is 4. The lowest BCUT2D eigenvalue weighted by molar-refractivity contribution is 0.102. The number of carbonyl (C=O) groups excluding carboxylic acids is 1. The first-order chi connectivity index (χ1) is 16.9. The molecule has 4 rings (SSSR count). The van der Waals surface area contributed by atoms with E-state index in [0.717, 1.165) is 11.3 Å². The first kappa shape index (κ1) is 24.2. The van der Waals surface area contributed by atoms with Gasteiger partial charge in [-0.3, -0.25) is 20.1 Å². The largest absolute Gasteiger partial charge is 0.496 e. The fraction of sp³-hybridized carbons (Fsp3) is 0.208. The van der Waals surface area contributed by atoms with E-state index < -0.39 is 17.8 Å². The van der Waals surface area contributed by atoms with Gasteiger partial charge in [0, 0.05) is 23.7 Å². The second-order valence-electron chi connectivity index (χ2n) is 7.56. The van der Waals surface area contributed by atoms with Gasteiger partial charge in [0.05, 0.1) is 30.0 Å². The highest BCUT2D eigenvalue weighted by Gasteiger charge is 2.21. The Balaban J connectivity index is 1.50. The van der Waals surface area contributed by atoms with E-state index in [0.29, 0.717) is 28.3 Å². The lowest BCUT2D eigenvalue weighted by Gasteiger charge is -2.14. The Bertz CT molecular complexity index is 1340. The molecule has 0 spiro atoms. The molecule has 0 aliphatic carbocycles. The van der Waals surface area contributed by atoms with Crippen LogP contribution in [0.3, 0.4) is 0 Å². The van der Waals surface area contributed by atoms with Gasteiger partial charge in [0.2, 0.25) is 5.13 Å². The molecule has 1 aromatic carbocycles. The van der Waals surface area contributed by atoms with Crippen LogP contribution in [0.2, 0.25) is 0 Å². The smallest absolute Gasteiger partial charge is 0.296 e. The summed E-state index contributed by atoms with van der Waals surface area (Å²) in [6.45, 7) is 3.55. The number of halogens is 1. The molecule has 0 aliphatic heterocycles. The molecule has 0 saturated heterocycles. The minimum atomic E-state index is -0.601. The van der Waals surface area contributed by atoms with E-state index in [4.69, 9.17) is 9.47 Å². The minimum absolute atomic E-state index is 0.141. The number of nitrogens with zero attached hydrogens (tertiary/aromatic N) is 4. The van der Waals surface area contributed by atoms with Gasteiger partial charge in [-0.15, -0.1) is 5.10 Å². The number of amides is 1. The van der Waals surface area contributed by atoms with E-state index in [-0.39, 0.29) is 28.1 Å². The number of pyridine rings is 2. The van der Waals surface area contributed by atoms with Crippen LogP contribution in [0.4, 0.5) is 9.52 Å². The van der Waals surface area contributed by atoms with E-state index in [1.165, 1.54) is 25.4 Å². The monoisotopic (exact) mass is 495 g/mol. The number of aryl methyl sites for hydroxylation is 1. The highest BCUT2D eigenvalue weighted by atomic mass is 32.1. The third-order valence-electron chi connectivity index (χ3n) is 5.05. The van der Waals surface area contributed by atoms with E-state index in [1.54, 1.807) is 44.3 Å². The number of rotatable bonds is 8. The number of ether oxygens (including phenoxy) is 2. The molecular weight excluding hydrogens is 473 g/mol. The van der Waals surface area contributed by atoms with Gasteiger partial charge in [-0.2, -0.15) is 0 Å². The van der Waals surface area contributed by atoms with Crippen LogP contribution in [0.5, 0.6) is 10.9 Å². The summed E-state index contributed by atoms with van der Waals surface area (Å²) in [5.41, 5.74) is 2.62. The van der Waals surface area contributed by atoms with Gasteiger partial charge in [0.15, 0.2) is 0 Å². The molecule has 3 aromatic heterocycles. The molecule has 0 saturated carbocycles. The normalized spacial score (nSPS) is 11.7. The Labute approximate surface area is 204 Å². The van der Waals surface area contributed by atoms with Crippen LogP contribution in [0.1, 0.15) is 40.3 Å². The lowest BCUT2D eigenvalue weighted by atomic mass is 9.98. The summed E-state index contributed by atoms with van der Waals surface area (Å²) < 4.78 is 25.6. The maximum Gasteiger partial charge on any atom is 0.296 e. The zero-order chi connectivity index (χ0) is 24.9. The summed E-state index contributed by atoms with van der Waals surface area (Å²) in [7, 11) is 1.44. The number of methoxy groups -OCH3 is 1. The van der Waals surface area contributed by atoms with Crippen LogP contribution in [-0.2, 0) is 6.61 Å². The maximum absolute atomic E-state index is 14.7. The average molecular weight is 496 g/mol. The van der Waals surface area contributed by atoms with Gasteiger partial charge in [-0.25, -0.2) is 4.39 Å². The van der Waals surface area contributed by atoms with E-state index in [9.17, 15) is 14.3 Å². The molecule has 4 aromatic rings. The number of nitrogens with one attached hydrogen (secondary N) is 1. The zero-order valence-corrected chi connectivity index (χ0v) is 20.0. The highest BCUT2D eigenvalue weighted by molar-refractivity contribution is 7.17. The van der Waals surface area contributed by atoms with E-state index in [2.05, 4.69) is 25.5 Å². The quantitative estimate of drug-likeness (QED) is 0.371. The van der Waals surface area contributed by atoms with Crippen LogP contribution in [-0.4, -0.2) is 38.3 Å². The Kier molecular flexibility index (Phi) is 7.28. The lowest BCUT2D eigenvalue weighted by Crippen LogP contribution is -2.14. The van der Waals surface area contributed by atoms with Crippen LogP contribution in [0.15, 0.2) is 48.8 Å². The summed E-state index contributed by atoms with van der Waals surface area (Å²) in [5.74, 6) is -0.757. The van der Waals surface area contributed by atoms with E-state index in [1.807, 2.05) is 0 Å². The fourth-order valence-electron chi connectivity index (χ4n) is 3.27. The molecule has 11 heteroatoms.